The SMILES string of the molecule is Cc1ccc(CCC(=O)Nc2c(C)cccc2C)c(C)c1. The van der Waals surface area contributed by atoms with E-state index in [0.29, 0.717) is 6.42 Å². The molecule has 1 amide bonds. The summed E-state index contributed by atoms with van der Waals surface area (Å²) in [7, 11) is 0. The molecule has 0 aliphatic carbocycles. The zero-order valence-electron chi connectivity index (χ0n) is 13.3. The van der Waals surface area contributed by atoms with E-state index in [2.05, 4.69) is 37.4 Å². The first-order valence-electron chi connectivity index (χ1n) is 7.39. The number of carbonyl (C=O) groups excluding carboxylic acids is 1. The van der Waals surface area contributed by atoms with Gasteiger partial charge in [0.15, 0.2) is 0 Å². The van der Waals surface area contributed by atoms with Gasteiger partial charge in [0.1, 0.15) is 0 Å². The number of para-hydroxylation sites is 1. The number of benzene rings is 2. The van der Waals surface area contributed by atoms with Gasteiger partial charge in [-0.1, -0.05) is 42.0 Å². The lowest BCUT2D eigenvalue weighted by molar-refractivity contribution is -0.116. The van der Waals surface area contributed by atoms with Crippen LogP contribution in [0.15, 0.2) is 36.4 Å². The van der Waals surface area contributed by atoms with Crippen LogP contribution in [0, 0.1) is 27.7 Å². The monoisotopic (exact) mass is 281 g/mol. The van der Waals surface area contributed by atoms with Crippen molar-refractivity contribution in [3.8, 4) is 0 Å². The van der Waals surface area contributed by atoms with Crippen molar-refractivity contribution in [1.82, 2.24) is 0 Å². The molecular weight excluding hydrogens is 258 g/mol. The fourth-order valence-corrected chi connectivity index (χ4v) is 2.59. The van der Waals surface area contributed by atoms with E-state index >= 15 is 0 Å². The number of amides is 1. The molecule has 2 heteroatoms. The minimum absolute atomic E-state index is 0.0763. The topological polar surface area (TPSA) is 29.1 Å². The molecule has 0 saturated carbocycles. The molecule has 0 aliphatic rings. The van der Waals surface area contributed by atoms with Gasteiger partial charge in [0.05, 0.1) is 0 Å². The third-order valence-electron chi connectivity index (χ3n) is 3.87. The summed E-state index contributed by atoms with van der Waals surface area (Å²) in [6.07, 6.45) is 1.29. The molecule has 0 heterocycles. The summed E-state index contributed by atoms with van der Waals surface area (Å²) in [5, 5.41) is 3.04. The van der Waals surface area contributed by atoms with Gasteiger partial charge < -0.3 is 5.32 Å². The largest absolute Gasteiger partial charge is 0.326 e. The Bertz CT molecular complexity index is 638. The fraction of sp³-hybridized carbons (Fsp3) is 0.316. The highest BCUT2D eigenvalue weighted by atomic mass is 16.1. The Morgan fingerprint density at radius 3 is 2.24 bits per heavy atom. The second-order valence-corrected chi connectivity index (χ2v) is 5.74. The van der Waals surface area contributed by atoms with Crippen LogP contribution in [-0.2, 0) is 11.2 Å². The maximum absolute atomic E-state index is 12.2. The Morgan fingerprint density at radius 2 is 1.62 bits per heavy atom. The van der Waals surface area contributed by atoms with E-state index in [4.69, 9.17) is 0 Å². The van der Waals surface area contributed by atoms with Crippen LogP contribution in [0.25, 0.3) is 0 Å². The van der Waals surface area contributed by atoms with Gasteiger partial charge in [-0.3, -0.25) is 4.79 Å². The van der Waals surface area contributed by atoms with Crippen molar-refractivity contribution in [3.63, 3.8) is 0 Å². The number of nitrogens with one attached hydrogen (secondary N) is 1. The van der Waals surface area contributed by atoms with E-state index in [1.165, 1.54) is 16.7 Å². The summed E-state index contributed by atoms with van der Waals surface area (Å²) in [6, 6.07) is 12.4. The Labute approximate surface area is 127 Å². The van der Waals surface area contributed by atoms with Crippen LogP contribution in [-0.4, -0.2) is 5.91 Å². The summed E-state index contributed by atoms with van der Waals surface area (Å²) >= 11 is 0. The van der Waals surface area contributed by atoms with Gasteiger partial charge >= 0.3 is 0 Å². The smallest absolute Gasteiger partial charge is 0.224 e. The molecule has 0 bridgehead atoms. The van der Waals surface area contributed by atoms with Crippen molar-refractivity contribution in [2.75, 3.05) is 5.32 Å². The Balaban J connectivity index is 1.99. The number of aryl methyl sites for hydroxylation is 5. The van der Waals surface area contributed by atoms with Gasteiger partial charge in [0, 0.05) is 12.1 Å². The van der Waals surface area contributed by atoms with E-state index in [1.54, 1.807) is 0 Å². The maximum atomic E-state index is 12.2. The number of anilines is 1. The molecule has 2 aromatic carbocycles. The fourth-order valence-electron chi connectivity index (χ4n) is 2.59. The quantitative estimate of drug-likeness (QED) is 0.879. The first-order valence-corrected chi connectivity index (χ1v) is 7.39. The summed E-state index contributed by atoms with van der Waals surface area (Å²) in [4.78, 5) is 12.2. The molecule has 2 nitrogen and oxygen atoms in total. The highest BCUT2D eigenvalue weighted by Gasteiger charge is 2.08. The molecule has 0 fully saturated rings. The molecule has 110 valence electrons. The van der Waals surface area contributed by atoms with E-state index in [0.717, 1.165) is 23.2 Å². The Kier molecular flexibility index (Phi) is 4.79. The predicted molar refractivity (Wildman–Crippen MR) is 88.8 cm³/mol. The summed E-state index contributed by atoms with van der Waals surface area (Å²) in [5.41, 5.74) is 6.93. The van der Waals surface area contributed by atoms with Crippen molar-refractivity contribution >= 4 is 11.6 Å². The Morgan fingerprint density at radius 1 is 0.952 bits per heavy atom. The van der Waals surface area contributed by atoms with E-state index in [-0.39, 0.29) is 5.91 Å². The minimum Gasteiger partial charge on any atom is -0.326 e. The molecule has 1 N–H and O–H groups in total. The second-order valence-electron chi connectivity index (χ2n) is 5.74. The molecule has 0 radical (unpaired) electrons. The standard InChI is InChI=1S/C19H23NO/c1-13-8-9-17(16(4)12-13)10-11-18(21)20-19-14(2)6-5-7-15(19)3/h5-9,12H,10-11H2,1-4H3,(H,20,21). The average molecular weight is 281 g/mol. The predicted octanol–water partition coefficient (Wildman–Crippen LogP) is 4.49. The van der Waals surface area contributed by atoms with E-state index < -0.39 is 0 Å². The first kappa shape index (κ1) is 15.3. The molecular formula is C19H23NO. The normalized spacial score (nSPS) is 10.5. The van der Waals surface area contributed by atoms with Gasteiger partial charge in [0.25, 0.3) is 0 Å². The molecule has 0 atom stereocenters. The van der Waals surface area contributed by atoms with Crippen LogP contribution in [0.3, 0.4) is 0 Å². The Hall–Kier alpha value is -2.09. The van der Waals surface area contributed by atoms with Gasteiger partial charge in [-0.2, -0.15) is 0 Å². The molecule has 0 aromatic heterocycles. The summed E-state index contributed by atoms with van der Waals surface area (Å²) < 4.78 is 0. The molecule has 2 aromatic rings. The van der Waals surface area contributed by atoms with Crippen molar-refractivity contribution in [2.24, 2.45) is 0 Å². The molecule has 21 heavy (non-hydrogen) atoms. The van der Waals surface area contributed by atoms with Gasteiger partial charge in [-0.05, 0) is 56.4 Å². The molecule has 0 aliphatic heterocycles. The lowest BCUT2D eigenvalue weighted by atomic mass is 10.0. The zero-order chi connectivity index (χ0) is 15.4. The van der Waals surface area contributed by atoms with Crippen molar-refractivity contribution < 1.29 is 4.79 Å². The maximum Gasteiger partial charge on any atom is 0.224 e. The van der Waals surface area contributed by atoms with Crippen LogP contribution in [0.5, 0.6) is 0 Å². The molecule has 0 saturated heterocycles. The minimum atomic E-state index is 0.0763. The third kappa shape index (κ3) is 3.94. The van der Waals surface area contributed by atoms with E-state index in [1.807, 2.05) is 32.0 Å². The molecule has 0 unspecified atom stereocenters. The molecule has 0 spiro atoms. The molecule has 2 rings (SSSR count). The summed E-state index contributed by atoms with van der Waals surface area (Å²) in [6.45, 7) is 8.23. The van der Waals surface area contributed by atoms with Gasteiger partial charge in [-0.15, -0.1) is 0 Å². The van der Waals surface area contributed by atoms with Crippen molar-refractivity contribution in [3.05, 3.63) is 64.2 Å². The highest BCUT2D eigenvalue weighted by Crippen LogP contribution is 2.20. The average Bonchev–Trinajstić information content (AvgIpc) is 2.42. The van der Waals surface area contributed by atoms with E-state index in [9.17, 15) is 4.79 Å². The highest BCUT2D eigenvalue weighted by molar-refractivity contribution is 5.92. The number of hydrogen-bond donors (Lipinski definition) is 1. The van der Waals surface area contributed by atoms with Crippen molar-refractivity contribution in [1.29, 1.82) is 0 Å². The number of carbonyl (C=O) groups is 1. The second kappa shape index (κ2) is 6.57. The van der Waals surface area contributed by atoms with Crippen LogP contribution >= 0.6 is 0 Å². The van der Waals surface area contributed by atoms with Crippen LogP contribution in [0.4, 0.5) is 5.69 Å². The lowest BCUT2D eigenvalue weighted by Gasteiger charge is -2.12. The van der Waals surface area contributed by atoms with Crippen LogP contribution < -0.4 is 5.32 Å². The van der Waals surface area contributed by atoms with Gasteiger partial charge in [-0.25, -0.2) is 0 Å². The van der Waals surface area contributed by atoms with Crippen LogP contribution in [0.1, 0.15) is 34.2 Å². The van der Waals surface area contributed by atoms with Crippen molar-refractivity contribution in [2.45, 2.75) is 40.5 Å². The number of rotatable bonds is 4. The van der Waals surface area contributed by atoms with Crippen LogP contribution in [0.2, 0.25) is 0 Å². The summed E-state index contributed by atoms with van der Waals surface area (Å²) in [5.74, 6) is 0.0763. The van der Waals surface area contributed by atoms with Gasteiger partial charge in [0.2, 0.25) is 5.91 Å². The zero-order valence-corrected chi connectivity index (χ0v) is 13.3. The lowest BCUT2D eigenvalue weighted by Crippen LogP contribution is -2.14. The third-order valence-corrected chi connectivity index (χ3v) is 3.87. The number of hydrogen-bond acceptors (Lipinski definition) is 1. The first-order chi connectivity index (χ1) is 9.97.